The van der Waals surface area contributed by atoms with Crippen LogP contribution in [0.5, 0.6) is 0 Å². The van der Waals surface area contributed by atoms with Crippen LogP contribution in [0.2, 0.25) is 5.02 Å². The Hall–Kier alpha value is -1.46. The predicted octanol–water partition coefficient (Wildman–Crippen LogP) is 3.99. The molecular weight excluding hydrogens is 372 g/mol. The fourth-order valence-corrected chi connectivity index (χ4v) is 3.78. The molecule has 28 heavy (non-hydrogen) atoms. The first-order chi connectivity index (χ1) is 17.4. The average molecular weight is 417 g/mol. The highest BCUT2D eigenvalue weighted by Gasteiger charge is 2.24. The lowest BCUT2D eigenvalue weighted by Gasteiger charge is -2.37. The van der Waals surface area contributed by atoms with Crippen molar-refractivity contribution in [2.45, 2.75) is 45.0 Å². The molecule has 156 valence electrons. The number of halogens is 1. The lowest BCUT2D eigenvalue weighted by atomic mass is 9.84. The molecule has 1 saturated carbocycles. The second-order valence-electron chi connectivity index (χ2n) is 7.45. The molecule has 0 radical (unpaired) electrons. The third-order valence-corrected chi connectivity index (χ3v) is 5.81. The number of urea groups is 1. The van der Waals surface area contributed by atoms with Crippen LogP contribution in [0.25, 0.3) is 0 Å². The van der Waals surface area contributed by atoms with Crippen LogP contribution in [0, 0.1) is 12.8 Å². The standard InChI is InChI=1S/C22H35ClN4O/c1-17-5-4-6-20(21(17)23)27-15-13-26(14-16-27)12-11-18-7-9-19(10-8-18)24-22(28)25(2)3/h4-6,18-19H,7-16H2,1-3H3,(H,24,28)/t18-,19-/i2D3,4D,5D,6D,11D2,12D2. The van der Waals surface area contributed by atoms with E-state index >= 15 is 0 Å². The summed E-state index contributed by atoms with van der Waals surface area (Å²) in [5.74, 6) is -0.587. The fourth-order valence-electron chi connectivity index (χ4n) is 3.57. The lowest BCUT2D eigenvalue weighted by Crippen LogP contribution is -2.47. The summed E-state index contributed by atoms with van der Waals surface area (Å²) in [4.78, 5) is 16.1. The highest BCUT2D eigenvalue weighted by atomic mass is 35.5. The fraction of sp³-hybridized carbons (Fsp3) is 0.682. The Morgan fingerprint density at radius 3 is 2.71 bits per heavy atom. The highest BCUT2D eigenvalue weighted by Crippen LogP contribution is 2.30. The monoisotopic (exact) mass is 416 g/mol. The molecule has 1 aliphatic carbocycles. The van der Waals surface area contributed by atoms with E-state index in [0.29, 0.717) is 41.8 Å². The van der Waals surface area contributed by atoms with Crippen LogP contribution >= 0.6 is 11.6 Å². The van der Waals surface area contributed by atoms with E-state index in [1.165, 1.54) is 11.9 Å². The van der Waals surface area contributed by atoms with Gasteiger partial charge in [-0.1, -0.05) is 23.7 Å². The maximum absolute atomic E-state index is 12.2. The second kappa shape index (κ2) is 9.84. The first-order valence-corrected chi connectivity index (χ1v) is 10.1. The number of carbonyl (C=O) groups is 1. The molecule has 3 rings (SSSR count). The molecule has 0 unspecified atom stereocenters. The molecule has 1 aliphatic heterocycles. The molecule has 1 saturated heterocycles. The molecule has 2 aliphatic rings. The highest BCUT2D eigenvalue weighted by molar-refractivity contribution is 6.34. The van der Waals surface area contributed by atoms with Crippen molar-refractivity contribution in [1.29, 1.82) is 0 Å². The van der Waals surface area contributed by atoms with Crippen molar-refractivity contribution in [3.05, 3.63) is 28.7 Å². The van der Waals surface area contributed by atoms with Crippen molar-refractivity contribution in [2.75, 3.05) is 51.6 Å². The number of amides is 2. The van der Waals surface area contributed by atoms with Gasteiger partial charge in [0.25, 0.3) is 0 Å². The summed E-state index contributed by atoms with van der Waals surface area (Å²) in [6, 6.07) is -1.48. The van der Waals surface area contributed by atoms with E-state index < -0.39 is 31.8 Å². The van der Waals surface area contributed by atoms with Gasteiger partial charge < -0.3 is 15.1 Å². The third kappa shape index (κ3) is 5.54. The Bertz CT molecular complexity index is 1010. The Labute approximate surface area is 189 Å². The predicted molar refractivity (Wildman–Crippen MR) is 117 cm³/mol. The summed E-state index contributed by atoms with van der Waals surface area (Å²) < 4.78 is 81.3. The molecule has 0 atom stereocenters. The molecule has 6 heteroatoms. The summed E-state index contributed by atoms with van der Waals surface area (Å²) in [7, 11) is 1.19. The Morgan fingerprint density at radius 2 is 2.04 bits per heavy atom. The molecule has 0 aromatic heterocycles. The molecule has 1 aromatic carbocycles. The minimum atomic E-state index is -2.56. The van der Waals surface area contributed by atoms with Crippen LogP contribution in [0.15, 0.2) is 18.1 Å². The van der Waals surface area contributed by atoms with E-state index in [9.17, 15) is 4.79 Å². The molecule has 1 heterocycles. The van der Waals surface area contributed by atoms with Gasteiger partial charge in [0.05, 0.1) is 14.8 Å². The summed E-state index contributed by atoms with van der Waals surface area (Å²) in [6.45, 7) is -2.27. The van der Waals surface area contributed by atoms with Gasteiger partial charge in [-0.3, -0.25) is 4.90 Å². The van der Waals surface area contributed by atoms with Gasteiger partial charge in [-0.2, -0.15) is 0 Å². The Morgan fingerprint density at radius 1 is 1.32 bits per heavy atom. The van der Waals surface area contributed by atoms with Crippen LogP contribution in [-0.4, -0.2) is 68.6 Å². The smallest absolute Gasteiger partial charge is 0.317 e. The van der Waals surface area contributed by atoms with E-state index in [1.807, 2.05) is 0 Å². The molecule has 2 fully saturated rings. The maximum atomic E-state index is 12.2. The summed E-state index contributed by atoms with van der Waals surface area (Å²) >= 11 is 6.42. The van der Waals surface area contributed by atoms with Crippen molar-refractivity contribution < 1.29 is 18.5 Å². The van der Waals surface area contributed by atoms with Crippen molar-refractivity contribution >= 4 is 23.3 Å². The zero-order valence-electron chi connectivity index (χ0n) is 26.4. The van der Waals surface area contributed by atoms with Crippen LogP contribution in [-0.2, 0) is 0 Å². The summed E-state index contributed by atoms with van der Waals surface area (Å²) in [5, 5.41) is 2.92. The van der Waals surface area contributed by atoms with E-state index in [4.69, 9.17) is 25.3 Å². The topological polar surface area (TPSA) is 38.8 Å². The van der Waals surface area contributed by atoms with E-state index in [1.54, 1.807) is 11.8 Å². The Balaban J connectivity index is 1.63. The minimum Gasteiger partial charge on any atom is -0.368 e. The van der Waals surface area contributed by atoms with E-state index in [-0.39, 0.29) is 55.4 Å². The summed E-state index contributed by atoms with van der Waals surface area (Å²) in [6.07, 6.45) is -0.661. The van der Waals surface area contributed by atoms with E-state index in [0.717, 1.165) is 0 Å². The largest absolute Gasteiger partial charge is 0.368 e. The number of benzene rings is 1. The number of hydrogen-bond donors (Lipinski definition) is 1. The van der Waals surface area contributed by atoms with Crippen molar-refractivity contribution in [3.63, 3.8) is 0 Å². The Kier molecular flexibility index (Phi) is 4.10. The number of nitrogens with zero attached hydrogens (tertiary/aromatic N) is 3. The van der Waals surface area contributed by atoms with Gasteiger partial charge in [-0.25, -0.2) is 4.79 Å². The molecule has 0 bridgehead atoms. The van der Waals surface area contributed by atoms with Gasteiger partial charge in [-0.15, -0.1) is 0 Å². The van der Waals surface area contributed by atoms with Gasteiger partial charge >= 0.3 is 6.03 Å². The van der Waals surface area contributed by atoms with Gasteiger partial charge in [0.15, 0.2) is 0 Å². The van der Waals surface area contributed by atoms with Gasteiger partial charge in [0.1, 0.15) is 0 Å². The number of anilines is 1. The number of nitrogens with one attached hydrogen (secondary N) is 1. The van der Waals surface area contributed by atoms with Crippen molar-refractivity contribution in [2.24, 2.45) is 5.92 Å². The quantitative estimate of drug-likeness (QED) is 0.788. The summed E-state index contributed by atoms with van der Waals surface area (Å²) in [5.41, 5.74) is 0.756. The maximum Gasteiger partial charge on any atom is 0.317 e. The normalized spacial score (nSPS) is 30.2. The van der Waals surface area contributed by atoms with Crippen molar-refractivity contribution in [3.8, 4) is 0 Å². The molecule has 1 N–H and O–H groups in total. The number of hydrogen-bond acceptors (Lipinski definition) is 3. The number of rotatable bonds is 5. The molecular formula is C22H35ClN4O. The lowest BCUT2D eigenvalue weighted by molar-refractivity contribution is 0.194. The average Bonchev–Trinajstić information content (AvgIpc) is 2.86. The third-order valence-electron chi connectivity index (χ3n) is 5.35. The van der Waals surface area contributed by atoms with Gasteiger partial charge in [0.2, 0.25) is 0 Å². The van der Waals surface area contributed by atoms with E-state index in [2.05, 4.69) is 5.32 Å². The first kappa shape index (κ1) is 11.7. The second-order valence-corrected chi connectivity index (χ2v) is 7.83. The number of piperazine rings is 1. The van der Waals surface area contributed by atoms with Gasteiger partial charge in [-0.05, 0) is 63.0 Å². The van der Waals surface area contributed by atoms with Crippen molar-refractivity contribution in [1.82, 2.24) is 15.1 Å². The van der Waals surface area contributed by atoms with Crippen LogP contribution in [0.1, 0.15) is 51.3 Å². The molecule has 5 nitrogen and oxygen atoms in total. The van der Waals surface area contributed by atoms with Crippen LogP contribution < -0.4 is 10.2 Å². The van der Waals surface area contributed by atoms with Crippen LogP contribution in [0.4, 0.5) is 10.5 Å². The SMILES string of the molecule is [2H]c1c([2H])c(C)c(Cl)c(N2CCN(C([2H])([2H])C([2H])([2H])[C@H]3CC[C@H](NC(=O)N(C)C([2H])([2H])[2H])CC3)CC2)c1[2H]. The zero-order valence-corrected chi connectivity index (χ0v) is 17.2. The first-order valence-electron chi connectivity index (χ1n) is 14.7. The van der Waals surface area contributed by atoms with Gasteiger partial charge in [0, 0.05) is 55.8 Å². The molecule has 1 aromatic rings. The minimum absolute atomic E-state index is 0.0921. The zero-order chi connectivity index (χ0) is 28.8. The number of carbonyl (C=O) groups excluding carboxylic acids is 1. The molecule has 2 amide bonds. The molecule has 0 spiro atoms. The van der Waals surface area contributed by atoms with Crippen LogP contribution in [0.3, 0.4) is 0 Å².